The van der Waals surface area contributed by atoms with Gasteiger partial charge in [0.15, 0.2) is 6.10 Å². The molecule has 1 atom stereocenters. The average molecular weight is 199 g/mol. The molecule has 0 bridgehead atoms. The molecule has 0 aromatic carbocycles. The summed E-state index contributed by atoms with van der Waals surface area (Å²) in [5, 5.41) is 3.40. The molecule has 1 aliphatic carbocycles. The SMILES string of the molecule is CCOC(=O)C1CNC2(CCC2)CO1. The van der Waals surface area contributed by atoms with Gasteiger partial charge in [-0.1, -0.05) is 0 Å². The Balaban J connectivity index is 1.80. The molecule has 1 heterocycles. The van der Waals surface area contributed by atoms with Crippen molar-refractivity contribution in [2.75, 3.05) is 19.8 Å². The van der Waals surface area contributed by atoms with Gasteiger partial charge in [-0.05, 0) is 26.2 Å². The predicted octanol–water partition coefficient (Wildman–Crippen LogP) is 0.461. The lowest BCUT2D eigenvalue weighted by Gasteiger charge is -2.46. The van der Waals surface area contributed by atoms with Crippen LogP contribution in [0.5, 0.6) is 0 Å². The zero-order valence-corrected chi connectivity index (χ0v) is 8.54. The Morgan fingerprint density at radius 2 is 2.43 bits per heavy atom. The molecule has 14 heavy (non-hydrogen) atoms. The van der Waals surface area contributed by atoms with Crippen molar-refractivity contribution in [2.45, 2.75) is 37.8 Å². The Bertz CT molecular complexity index is 215. The second-order valence-corrected chi connectivity index (χ2v) is 4.07. The molecule has 1 unspecified atom stereocenters. The van der Waals surface area contributed by atoms with Crippen molar-refractivity contribution in [1.29, 1.82) is 0 Å². The van der Waals surface area contributed by atoms with E-state index in [0.717, 1.165) is 0 Å². The summed E-state index contributed by atoms with van der Waals surface area (Å²) in [5.41, 5.74) is 0.184. The number of carbonyl (C=O) groups is 1. The van der Waals surface area contributed by atoms with Gasteiger partial charge in [-0.25, -0.2) is 4.79 Å². The Kier molecular flexibility index (Phi) is 2.74. The smallest absolute Gasteiger partial charge is 0.336 e. The summed E-state index contributed by atoms with van der Waals surface area (Å²) >= 11 is 0. The fraction of sp³-hybridized carbons (Fsp3) is 0.900. The Morgan fingerprint density at radius 3 is 2.86 bits per heavy atom. The second-order valence-electron chi connectivity index (χ2n) is 4.07. The lowest BCUT2D eigenvalue weighted by molar-refractivity contribution is -0.164. The van der Waals surface area contributed by atoms with Crippen LogP contribution in [0.3, 0.4) is 0 Å². The minimum atomic E-state index is -0.402. The number of nitrogens with one attached hydrogen (secondary N) is 1. The van der Waals surface area contributed by atoms with Gasteiger partial charge in [0, 0.05) is 12.1 Å². The van der Waals surface area contributed by atoms with E-state index in [1.165, 1.54) is 19.3 Å². The lowest BCUT2D eigenvalue weighted by atomic mass is 9.76. The maximum Gasteiger partial charge on any atom is 0.336 e. The van der Waals surface area contributed by atoms with Gasteiger partial charge in [-0.3, -0.25) is 0 Å². The van der Waals surface area contributed by atoms with Gasteiger partial charge in [0.25, 0.3) is 0 Å². The fourth-order valence-electron chi connectivity index (χ4n) is 1.99. The van der Waals surface area contributed by atoms with E-state index in [0.29, 0.717) is 19.8 Å². The van der Waals surface area contributed by atoms with Crippen LogP contribution in [0.15, 0.2) is 0 Å². The molecule has 0 aromatic rings. The molecule has 0 radical (unpaired) electrons. The molecule has 80 valence electrons. The largest absolute Gasteiger partial charge is 0.464 e. The van der Waals surface area contributed by atoms with Crippen molar-refractivity contribution in [2.24, 2.45) is 0 Å². The van der Waals surface area contributed by atoms with Gasteiger partial charge in [0.05, 0.1) is 13.2 Å². The molecule has 4 heteroatoms. The van der Waals surface area contributed by atoms with E-state index in [-0.39, 0.29) is 11.5 Å². The first kappa shape index (κ1) is 9.93. The van der Waals surface area contributed by atoms with Crippen LogP contribution in [-0.2, 0) is 14.3 Å². The summed E-state index contributed by atoms with van der Waals surface area (Å²) in [6.07, 6.45) is 3.20. The Morgan fingerprint density at radius 1 is 1.64 bits per heavy atom. The molecule has 4 nitrogen and oxygen atoms in total. The van der Waals surface area contributed by atoms with E-state index in [4.69, 9.17) is 9.47 Å². The van der Waals surface area contributed by atoms with Crippen LogP contribution in [0.25, 0.3) is 0 Å². The van der Waals surface area contributed by atoms with Gasteiger partial charge >= 0.3 is 5.97 Å². The van der Waals surface area contributed by atoms with E-state index in [1.54, 1.807) is 0 Å². The van der Waals surface area contributed by atoms with Crippen molar-refractivity contribution < 1.29 is 14.3 Å². The number of carbonyl (C=O) groups excluding carboxylic acids is 1. The lowest BCUT2D eigenvalue weighted by Crippen LogP contribution is -2.62. The zero-order valence-electron chi connectivity index (χ0n) is 8.54. The first-order valence-corrected chi connectivity index (χ1v) is 5.29. The van der Waals surface area contributed by atoms with Crippen molar-refractivity contribution in [3.63, 3.8) is 0 Å². The number of morpholine rings is 1. The quantitative estimate of drug-likeness (QED) is 0.656. The standard InChI is InChI=1S/C10H17NO3/c1-2-13-9(12)8-6-11-10(7-14-8)4-3-5-10/h8,11H,2-7H2,1H3. The van der Waals surface area contributed by atoms with Gasteiger partial charge in [-0.2, -0.15) is 0 Å². The molecule has 2 fully saturated rings. The second kappa shape index (κ2) is 3.87. The van der Waals surface area contributed by atoms with Crippen molar-refractivity contribution in [3.05, 3.63) is 0 Å². The highest BCUT2D eigenvalue weighted by molar-refractivity contribution is 5.75. The topological polar surface area (TPSA) is 47.6 Å². The number of rotatable bonds is 2. The minimum absolute atomic E-state index is 0.184. The predicted molar refractivity (Wildman–Crippen MR) is 51.0 cm³/mol. The van der Waals surface area contributed by atoms with Crippen LogP contribution in [-0.4, -0.2) is 37.4 Å². The van der Waals surface area contributed by atoms with Crippen molar-refractivity contribution in [1.82, 2.24) is 5.32 Å². The minimum Gasteiger partial charge on any atom is -0.464 e. The number of ether oxygens (including phenoxy) is 2. The molecule has 1 spiro atoms. The summed E-state index contributed by atoms with van der Waals surface area (Å²) < 4.78 is 10.4. The van der Waals surface area contributed by atoms with Gasteiger partial charge in [0.1, 0.15) is 0 Å². The summed E-state index contributed by atoms with van der Waals surface area (Å²) in [5.74, 6) is -0.242. The van der Waals surface area contributed by atoms with Gasteiger partial charge < -0.3 is 14.8 Å². The third-order valence-electron chi connectivity index (χ3n) is 3.08. The average Bonchev–Trinajstić information content (AvgIpc) is 2.16. The highest BCUT2D eigenvalue weighted by Gasteiger charge is 2.42. The summed E-state index contributed by atoms with van der Waals surface area (Å²) in [6, 6.07) is 0. The first-order valence-electron chi connectivity index (χ1n) is 5.29. The molecule has 2 aliphatic rings. The summed E-state index contributed by atoms with van der Waals surface area (Å²) in [7, 11) is 0. The zero-order chi connectivity index (χ0) is 10.0. The number of hydrogen-bond acceptors (Lipinski definition) is 4. The van der Waals surface area contributed by atoms with E-state index < -0.39 is 6.10 Å². The van der Waals surface area contributed by atoms with Crippen LogP contribution >= 0.6 is 0 Å². The van der Waals surface area contributed by atoms with E-state index in [2.05, 4.69) is 5.32 Å². The van der Waals surface area contributed by atoms with Crippen LogP contribution in [0.4, 0.5) is 0 Å². The molecule has 0 amide bonds. The maximum atomic E-state index is 11.3. The Labute approximate surface area is 84.0 Å². The van der Waals surface area contributed by atoms with Crippen LogP contribution in [0.2, 0.25) is 0 Å². The normalized spacial score (nSPS) is 29.6. The highest BCUT2D eigenvalue weighted by Crippen LogP contribution is 2.34. The van der Waals surface area contributed by atoms with E-state index >= 15 is 0 Å². The van der Waals surface area contributed by atoms with Crippen LogP contribution < -0.4 is 5.32 Å². The molecule has 1 saturated heterocycles. The van der Waals surface area contributed by atoms with Gasteiger partial charge in [0.2, 0.25) is 0 Å². The summed E-state index contributed by atoms with van der Waals surface area (Å²) in [6.45, 7) is 3.47. The Hall–Kier alpha value is -0.610. The maximum absolute atomic E-state index is 11.3. The van der Waals surface area contributed by atoms with Crippen LogP contribution in [0, 0.1) is 0 Å². The highest BCUT2D eigenvalue weighted by atomic mass is 16.6. The third-order valence-corrected chi connectivity index (χ3v) is 3.08. The first-order chi connectivity index (χ1) is 6.76. The van der Waals surface area contributed by atoms with Gasteiger partial charge in [-0.15, -0.1) is 0 Å². The van der Waals surface area contributed by atoms with Crippen molar-refractivity contribution in [3.8, 4) is 0 Å². The van der Waals surface area contributed by atoms with Crippen molar-refractivity contribution >= 4 is 5.97 Å². The molecule has 2 rings (SSSR count). The number of hydrogen-bond donors (Lipinski definition) is 1. The molecule has 1 aliphatic heterocycles. The molecular formula is C10H17NO3. The molecule has 1 saturated carbocycles. The molecule has 0 aromatic heterocycles. The third kappa shape index (κ3) is 1.77. The monoisotopic (exact) mass is 199 g/mol. The number of esters is 1. The van der Waals surface area contributed by atoms with E-state index in [9.17, 15) is 4.79 Å². The summed E-state index contributed by atoms with van der Waals surface area (Å²) in [4.78, 5) is 11.3. The fourth-order valence-corrected chi connectivity index (χ4v) is 1.99. The molecule has 1 N–H and O–H groups in total. The van der Waals surface area contributed by atoms with Crippen LogP contribution in [0.1, 0.15) is 26.2 Å². The molecular weight excluding hydrogens is 182 g/mol. The van der Waals surface area contributed by atoms with E-state index in [1.807, 2.05) is 6.92 Å².